The summed E-state index contributed by atoms with van der Waals surface area (Å²) in [5.41, 5.74) is 7.78. The quantitative estimate of drug-likeness (QED) is 0.887. The van der Waals surface area contributed by atoms with Crippen molar-refractivity contribution in [3.63, 3.8) is 0 Å². The van der Waals surface area contributed by atoms with Gasteiger partial charge in [0.2, 0.25) is 0 Å². The van der Waals surface area contributed by atoms with Crippen LogP contribution in [0.4, 0.5) is 0 Å². The Bertz CT molecular complexity index is 468. The van der Waals surface area contributed by atoms with Crippen molar-refractivity contribution in [2.24, 2.45) is 11.1 Å². The molecule has 1 atom stereocenters. The minimum atomic E-state index is 0.0525. The molecule has 1 aromatic carbocycles. The number of benzene rings is 1. The summed E-state index contributed by atoms with van der Waals surface area (Å²) in [5.74, 6) is 0.0525. The maximum Gasteiger partial charge on any atom is 0.251 e. The predicted octanol–water partition coefficient (Wildman–Crippen LogP) is 2.89. The van der Waals surface area contributed by atoms with Crippen LogP contribution in [0.1, 0.15) is 55.5 Å². The first-order valence-electron chi connectivity index (χ1n) is 7.61. The summed E-state index contributed by atoms with van der Waals surface area (Å²) in [6.07, 6.45) is 5.36. The molecule has 1 fully saturated rings. The number of carbonyl (C=O) groups is 1. The number of hydrogen-bond acceptors (Lipinski definition) is 2. The highest BCUT2D eigenvalue weighted by Crippen LogP contribution is 2.35. The van der Waals surface area contributed by atoms with E-state index in [0.717, 1.165) is 30.4 Å². The van der Waals surface area contributed by atoms with Gasteiger partial charge in [-0.3, -0.25) is 4.79 Å². The Labute approximate surface area is 121 Å². The number of amides is 1. The number of hydrogen-bond donors (Lipinski definition) is 2. The minimum Gasteiger partial charge on any atom is -0.349 e. The summed E-state index contributed by atoms with van der Waals surface area (Å²) in [5, 5.41) is 3.21. The molecule has 0 aromatic heterocycles. The molecule has 20 heavy (non-hydrogen) atoms. The van der Waals surface area contributed by atoms with Crippen LogP contribution >= 0.6 is 0 Å². The van der Waals surface area contributed by atoms with E-state index in [1.165, 1.54) is 12.8 Å². The Morgan fingerprint density at radius 2 is 2.15 bits per heavy atom. The van der Waals surface area contributed by atoms with E-state index in [2.05, 4.69) is 19.2 Å². The fourth-order valence-electron chi connectivity index (χ4n) is 3.20. The summed E-state index contributed by atoms with van der Waals surface area (Å²) < 4.78 is 0. The van der Waals surface area contributed by atoms with E-state index in [1.807, 2.05) is 24.3 Å². The Hall–Kier alpha value is -1.35. The lowest BCUT2D eigenvalue weighted by Gasteiger charge is -2.35. The summed E-state index contributed by atoms with van der Waals surface area (Å²) in [6.45, 7) is 5.14. The summed E-state index contributed by atoms with van der Waals surface area (Å²) in [6, 6.07) is 8.07. The van der Waals surface area contributed by atoms with Crippen molar-refractivity contribution >= 4 is 5.91 Å². The molecular weight excluding hydrogens is 248 g/mol. The number of nitrogens with one attached hydrogen (secondary N) is 1. The number of rotatable bonds is 4. The molecule has 3 N–H and O–H groups in total. The lowest BCUT2D eigenvalue weighted by molar-refractivity contribution is 0.0901. The van der Waals surface area contributed by atoms with Gasteiger partial charge < -0.3 is 11.1 Å². The van der Waals surface area contributed by atoms with Crippen LogP contribution in [0.15, 0.2) is 24.3 Å². The first-order valence-corrected chi connectivity index (χ1v) is 7.61. The summed E-state index contributed by atoms with van der Waals surface area (Å²) >= 11 is 0. The van der Waals surface area contributed by atoms with Gasteiger partial charge in [0.25, 0.3) is 5.91 Å². The van der Waals surface area contributed by atoms with Crippen molar-refractivity contribution in [3.05, 3.63) is 35.4 Å². The van der Waals surface area contributed by atoms with Crippen molar-refractivity contribution in [1.82, 2.24) is 5.32 Å². The highest BCUT2D eigenvalue weighted by Gasteiger charge is 2.29. The van der Waals surface area contributed by atoms with Crippen LogP contribution in [0.3, 0.4) is 0 Å². The molecule has 0 bridgehead atoms. The Balaban J connectivity index is 2.05. The Morgan fingerprint density at radius 3 is 2.85 bits per heavy atom. The van der Waals surface area contributed by atoms with Crippen LogP contribution in [-0.4, -0.2) is 18.5 Å². The maximum absolute atomic E-state index is 12.5. The van der Waals surface area contributed by atoms with Crippen LogP contribution in [0, 0.1) is 5.41 Å². The van der Waals surface area contributed by atoms with E-state index in [-0.39, 0.29) is 5.91 Å². The first kappa shape index (κ1) is 15.0. The van der Waals surface area contributed by atoms with Gasteiger partial charge >= 0.3 is 0 Å². The SMILES string of the molecule is CC1(C)CCCC(NC(=O)c2ccccc2CCN)C1. The molecule has 0 saturated heterocycles. The topological polar surface area (TPSA) is 55.1 Å². The van der Waals surface area contributed by atoms with Gasteiger partial charge in [-0.05, 0) is 49.3 Å². The predicted molar refractivity (Wildman–Crippen MR) is 82.7 cm³/mol. The van der Waals surface area contributed by atoms with Gasteiger partial charge in [-0.1, -0.05) is 38.5 Å². The Kier molecular flexibility index (Phi) is 4.81. The Morgan fingerprint density at radius 1 is 1.40 bits per heavy atom. The second-order valence-electron chi connectivity index (χ2n) is 6.63. The molecule has 0 aliphatic heterocycles. The van der Waals surface area contributed by atoms with E-state index in [4.69, 9.17) is 5.73 Å². The van der Waals surface area contributed by atoms with Gasteiger partial charge in [-0.15, -0.1) is 0 Å². The molecule has 3 heteroatoms. The molecule has 110 valence electrons. The maximum atomic E-state index is 12.5. The molecule has 0 spiro atoms. The second kappa shape index (κ2) is 6.40. The number of carbonyl (C=O) groups excluding carboxylic acids is 1. The van der Waals surface area contributed by atoms with Crippen LogP contribution in [0.25, 0.3) is 0 Å². The smallest absolute Gasteiger partial charge is 0.251 e. The van der Waals surface area contributed by atoms with Crippen molar-refractivity contribution in [3.8, 4) is 0 Å². The molecule has 1 aromatic rings. The zero-order valence-electron chi connectivity index (χ0n) is 12.6. The third kappa shape index (κ3) is 3.83. The molecule has 1 saturated carbocycles. The zero-order chi connectivity index (χ0) is 14.6. The van der Waals surface area contributed by atoms with Gasteiger partial charge in [-0.25, -0.2) is 0 Å². The first-order chi connectivity index (χ1) is 9.52. The van der Waals surface area contributed by atoms with Gasteiger partial charge in [0.05, 0.1) is 0 Å². The average Bonchev–Trinajstić information content (AvgIpc) is 2.38. The molecule has 3 nitrogen and oxygen atoms in total. The number of nitrogens with two attached hydrogens (primary N) is 1. The van der Waals surface area contributed by atoms with Crippen molar-refractivity contribution in [2.75, 3.05) is 6.54 Å². The minimum absolute atomic E-state index is 0.0525. The van der Waals surface area contributed by atoms with Crippen LogP contribution in [0.2, 0.25) is 0 Å². The lowest BCUT2D eigenvalue weighted by atomic mass is 9.75. The molecule has 0 heterocycles. The summed E-state index contributed by atoms with van der Waals surface area (Å²) in [4.78, 5) is 12.5. The zero-order valence-corrected chi connectivity index (χ0v) is 12.6. The highest BCUT2D eigenvalue weighted by molar-refractivity contribution is 5.95. The third-order valence-electron chi connectivity index (χ3n) is 4.22. The standard InChI is InChI=1S/C17H26N2O/c1-17(2)10-5-7-14(12-17)19-16(20)15-8-4-3-6-13(15)9-11-18/h3-4,6,8,14H,5,7,9-12,18H2,1-2H3,(H,19,20). The highest BCUT2D eigenvalue weighted by atomic mass is 16.1. The monoisotopic (exact) mass is 274 g/mol. The van der Waals surface area contributed by atoms with E-state index in [0.29, 0.717) is 18.0 Å². The molecule has 2 rings (SSSR count). The van der Waals surface area contributed by atoms with Gasteiger partial charge in [0, 0.05) is 11.6 Å². The molecule has 0 radical (unpaired) electrons. The second-order valence-corrected chi connectivity index (χ2v) is 6.63. The lowest BCUT2D eigenvalue weighted by Crippen LogP contribution is -2.41. The van der Waals surface area contributed by atoms with Crippen molar-refractivity contribution in [1.29, 1.82) is 0 Å². The molecular formula is C17H26N2O. The molecule has 1 aliphatic carbocycles. The van der Waals surface area contributed by atoms with E-state index < -0.39 is 0 Å². The van der Waals surface area contributed by atoms with Crippen LogP contribution < -0.4 is 11.1 Å². The largest absolute Gasteiger partial charge is 0.349 e. The summed E-state index contributed by atoms with van der Waals surface area (Å²) in [7, 11) is 0. The normalized spacial score (nSPS) is 21.4. The van der Waals surface area contributed by atoms with E-state index in [1.54, 1.807) is 0 Å². The molecule has 1 unspecified atom stereocenters. The third-order valence-corrected chi connectivity index (χ3v) is 4.22. The van der Waals surface area contributed by atoms with Crippen LogP contribution in [-0.2, 0) is 6.42 Å². The van der Waals surface area contributed by atoms with Crippen LogP contribution in [0.5, 0.6) is 0 Å². The van der Waals surface area contributed by atoms with Gasteiger partial charge in [-0.2, -0.15) is 0 Å². The van der Waals surface area contributed by atoms with Crippen molar-refractivity contribution < 1.29 is 4.79 Å². The van der Waals surface area contributed by atoms with E-state index >= 15 is 0 Å². The average molecular weight is 274 g/mol. The fourth-order valence-corrected chi connectivity index (χ4v) is 3.20. The van der Waals surface area contributed by atoms with Crippen molar-refractivity contribution in [2.45, 2.75) is 52.0 Å². The fraction of sp³-hybridized carbons (Fsp3) is 0.588. The van der Waals surface area contributed by atoms with Gasteiger partial charge in [0.1, 0.15) is 0 Å². The molecule has 1 aliphatic rings. The molecule has 1 amide bonds. The van der Waals surface area contributed by atoms with E-state index in [9.17, 15) is 4.79 Å². The van der Waals surface area contributed by atoms with Gasteiger partial charge in [0.15, 0.2) is 0 Å².